The Hall–Kier alpha value is -1.06. The molecule has 3 rings (SSSR count). The smallest absolute Gasteiger partial charge is 0.314 e. The number of nitrogens with zero attached hydrogens (tertiary/aromatic N) is 1. The van der Waals surface area contributed by atoms with E-state index in [2.05, 4.69) is 40.3 Å². The second kappa shape index (κ2) is 7.98. The largest absolute Gasteiger partial charge is 0.726 e. The maximum Gasteiger partial charge on any atom is 0.314 e. The SMILES string of the molecule is O=S(=O)([O-])O.c1ccc(-c2csc(=[N+]3CCCCC3)s2)cc1. The van der Waals surface area contributed by atoms with E-state index < -0.39 is 10.4 Å². The van der Waals surface area contributed by atoms with Crippen LogP contribution in [0.15, 0.2) is 35.7 Å². The standard InChI is InChI=1S/C14H16NS2.H2O4S/c1-3-7-12(8-4-1)13-11-16-14(17-13)15-9-5-2-6-10-15;1-5(2,3)4/h1,3-4,7-8,11H,2,5-6,9-10H2;(H2,1,2,3,4)/q+1;/p-1. The van der Waals surface area contributed by atoms with Crippen LogP contribution >= 0.6 is 22.7 Å². The van der Waals surface area contributed by atoms with Gasteiger partial charge in [0.15, 0.2) is 0 Å². The molecule has 0 amide bonds. The van der Waals surface area contributed by atoms with Crippen LogP contribution in [0.1, 0.15) is 19.3 Å². The average molecular weight is 359 g/mol. The van der Waals surface area contributed by atoms with Crippen molar-refractivity contribution < 1.29 is 17.5 Å². The molecule has 2 heterocycles. The van der Waals surface area contributed by atoms with Gasteiger partial charge in [-0.2, -0.15) is 0 Å². The Morgan fingerprint density at radius 2 is 1.68 bits per heavy atom. The van der Waals surface area contributed by atoms with E-state index >= 15 is 0 Å². The van der Waals surface area contributed by atoms with E-state index in [1.165, 1.54) is 46.8 Å². The molecule has 1 aromatic heterocycles. The molecule has 1 saturated heterocycles. The summed E-state index contributed by atoms with van der Waals surface area (Å²) in [5, 5.41) is 2.30. The van der Waals surface area contributed by atoms with E-state index in [1.54, 1.807) is 0 Å². The first-order valence-electron chi connectivity index (χ1n) is 6.84. The first-order chi connectivity index (χ1) is 10.4. The normalized spacial score (nSPS) is 15.1. The van der Waals surface area contributed by atoms with Crippen molar-refractivity contribution in [2.45, 2.75) is 19.3 Å². The summed E-state index contributed by atoms with van der Waals surface area (Å²) in [7, 11) is -4.92. The van der Waals surface area contributed by atoms with Crippen molar-refractivity contribution in [2.24, 2.45) is 0 Å². The van der Waals surface area contributed by atoms with Gasteiger partial charge in [-0.1, -0.05) is 53.0 Å². The molecule has 8 heteroatoms. The van der Waals surface area contributed by atoms with Gasteiger partial charge in [0.2, 0.25) is 10.4 Å². The molecule has 0 unspecified atom stereocenters. The highest BCUT2D eigenvalue weighted by molar-refractivity contribution is 7.79. The van der Waals surface area contributed by atoms with Gasteiger partial charge in [0.05, 0.1) is 4.88 Å². The molecule has 0 atom stereocenters. The number of piperidine rings is 1. The molecular formula is C14H17NO4S3. The molecule has 22 heavy (non-hydrogen) atoms. The molecular weight excluding hydrogens is 342 g/mol. The van der Waals surface area contributed by atoms with Crippen LogP contribution < -0.4 is 8.56 Å². The van der Waals surface area contributed by atoms with Gasteiger partial charge >= 0.3 is 3.98 Å². The van der Waals surface area contributed by atoms with Crippen molar-refractivity contribution in [1.82, 2.24) is 4.58 Å². The van der Waals surface area contributed by atoms with E-state index in [1.807, 2.05) is 22.7 Å². The van der Waals surface area contributed by atoms with Crippen LogP contribution in [-0.2, 0) is 10.4 Å². The highest BCUT2D eigenvalue weighted by Gasteiger charge is 2.13. The Kier molecular flexibility index (Phi) is 6.27. The van der Waals surface area contributed by atoms with Crippen molar-refractivity contribution in [3.05, 3.63) is 39.7 Å². The lowest BCUT2D eigenvalue weighted by Gasteiger charge is -2.07. The van der Waals surface area contributed by atoms with E-state index in [0.717, 1.165) is 0 Å². The van der Waals surface area contributed by atoms with Crippen LogP contribution in [0.25, 0.3) is 10.4 Å². The number of hydrogen-bond acceptors (Lipinski definition) is 5. The van der Waals surface area contributed by atoms with E-state index in [4.69, 9.17) is 17.5 Å². The van der Waals surface area contributed by atoms with Crippen LogP contribution in [0.5, 0.6) is 0 Å². The Morgan fingerprint density at radius 3 is 2.27 bits per heavy atom. The Morgan fingerprint density at radius 1 is 1.09 bits per heavy atom. The van der Waals surface area contributed by atoms with Crippen molar-refractivity contribution >= 4 is 33.1 Å². The minimum atomic E-state index is -4.92. The van der Waals surface area contributed by atoms with Crippen molar-refractivity contribution in [2.75, 3.05) is 13.1 Å². The quantitative estimate of drug-likeness (QED) is 0.482. The number of benzene rings is 1. The molecule has 1 N–H and O–H groups in total. The van der Waals surface area contributed by atoms with Crippen LogP contribution in [0, 0.1) is 0 Å². The summed E-state index contributed by atoms with van der Waals surface area (Å²) in [6, 6.07) is 10.7. The van der Waals surface area contributed by atoms with Crippen LogP contribution in [0.3, 0.4) is 0 Å². The molecule has 0 bridgehead atoms. The minimum absolute atomic E-state index is 1.24. The lowest BCUT2D eigenvalue weighted by molar-refractivity contribution is 0.366. The fraction of sp³-hybridized carbons (Fsp3) is 0.357. The molecule has 1 fully saturated rings. The van der Waals surface area contributed by atoms with Gasteiger partial charge in [0.25, 0.3) is 0 Å². The average Bonchev–Trinajstić information content (AvgIpc) is 2.97. The second-order valence-electron chi connectivity index (χ2n) is 4.81. The topological polar surface area (TPSA) is 80.4 Å². The highest BCUT2D eigenvalue weighted by Crippen LogP contribution is 2.23. The van der Waals surface area contributed by atoms with Crippen molar-refractivity contribution in [3.63, 3.8) is 0 Å². The predicted molar refractivity (Wildman–Crippen MR) is 88.8 cm³/mol. The zero-order valence-electron chi connectivity index (χ0n) is 11.8. The lowest BCUT2D eigenvalue weighted by Crippen LogP contribution is -2.31. The van der Waals surface area contributed by atoms with Gasteiger partial charge in [0.1, 0.15) is 13.1 Å². The Labute approximate surface area is 137 Å². The summed E-state index contributed by atoms with van der Waals surface area (Å²) in [4.78, 5) is 1.40. The molecule has 1 aromatic carbocycles. The van der Waals surface area contributed by atoms with Crippen molar-refractivity contribution in [1.29, 1.82) is 0 Å². The molecule has 0 spiro atoms. The summed E-state index contributed by atoms with van der Waals surface area (Å²) in [5.74, 6) is 0. The summed E-state index contributed by atoms with van der Waals surface area (Å²) in [6.45, 7) is 2.48. The first-order valence-corrected chi connectivity index (χ1v) is 9.90. The molecule has 120 valence electrons. The molecule has 2 aromatic rings. The van der Waals surface area contributed by atoms with Crippen LogP contribution in [0.2, 0.25) is 0 Å². The van der Waals surface area contributed by atoms with Gasteiger partial charge in [-0.3, -0.25) is 4.55 Å². The fourth-order valence-electron chi connectivity index (χ4n) is 2.19. The third-order valence-electron chi connectivity index (χ3n) is 3.14. The molecule has 0 radical (unpaired) electrons. The van der Waals surface area contributed by atoms with Crippen LogP contribution in [-0.4, -0.2) is 30.6 Å². The van der Waals surface area contributed by atoms with E-state index in [-0.39, 0.29) is 0 Å². The molecule has 0 aliphatic carbocycles. The highest BCUT2D eigenvalue weighted by atomic mass is 32.3. The molecule has 5 nitrogen and oxygen atoms in total. The second-order valence-corrected chi connectivity index (χ2v) is 7.81. The first kappa shape index (κ1) is 17.3. The predicted octanol–water partition coefficient (Wildman–Crippen LogP) is 2.44. The van der Waals surface area contributed by atoms with Gasteiger partial charge < -0.3 is 4.55 Å². The molecule has 0 saturated carbocycles. The minimum Gasteiger partial charge on any atom is -0.726 e. The van der Waals surface area contributed by atoms with E-state index in [9.17, 15) is 0 Å². The maximum atomic E-state index is 8.63. The Bertz CT molecular complexity index is 747. The van der Waals surface area contributed by atoms with Crippen molar-refractivity contribution in [3.8, 4) is 10.4 Å². The summed E-state index contributed by atoms with van der Waals surface area (Å²) in [5.41, 5.74) is 1.34. The lowest BCUT2D eigenvalue weighted by atomic mass is 10.2. The van der Waals surface area contributed by atoms with Gasteiger partial charge in [-0.15, -0.1) is 0 Å². The fourth-order valence-corrected chi connectivity index (χ4v) is 4.56. The van der Waals surface area contributed by atoms with E-state index in [0.29, 0.717) is 0 Å². The van der Waals surface area contributed by atoms with Gasteiger partial charge in [-0.05, 0) is 12.0 Å². The number of hydrogen-bond donors (Lipinski definition) is 1. The van der Waals surface area contributed by atoms with Gasteiger partial charge in [0, 0.05) is 18.2 Å². The Balaban J connectivity index is 0.000000309. The third kappa shape index (κ3) is 5.98. The third-order valence-corrected chi connectivity index (χ3v) is 5.64. The zero-order chi connectivity index (χ0) is 16.0. The summed E-state index contributed by atoms with van der Waals surface area (Å²) in [6.07, 6.45) is 4.11. The monoisotopic (exact) mass is 359 g/mol. The molecule has 1 aliphatic rings. The zero-order valence-corrected chi connectivity index (χ0v) is 14.3. The molecule has 1 aliphatic heterocycles. The maximum absolute atomic E-state index is 8.63. The number of rotatable bonds is 1. The summed E-state index contributed by atoms with van der Waals surface area (Å²) >= 11 is 3.83. The summed E-state index contributed by atoms with van der Waals surface area (Å²) < 4.78 is 36.9. The van der Waals surface area contributed by atoms with Gasteiger partial charge in [-0.25, -0.2) is 13.0 Å². The van der Waals surface area contributed by atoms with Crippen LogP contribution in [0.4, 0.5) is 0 Å².